The third-order valence-electron chi connectivity index (χ3n) is 2.56. The molecule has 3 nitrogen and oxygen atoms in total. The average Bonchev–Trinajstić information content (AvgIpc) is 2.40. The van der Waals surface area contributed by atoms with Gasteiger partial charge in [-0.1, -0.05) is 19.1 Å². The Kier molecular flexibility index (Phi) is 6.92. The highest BCUT2D eigenvalue weighted by atomic mass is 16.5. The predicted molar refractivity (Wildman–Crippen MR) is 77.9 cm³/mol. The molecule has 2 N–H and O–H groups in total. The molecule has 0 atom stereocenters. The van der Waals surface area contributed by atoms with Crippen LogP contribution in [0.15, 0.2) is 12.1 Å². The van der Waals surface area contributed by atoms with E-state index in [4.69, 9.17) is 30.9 Å². The fourth-order valence-electron chi connectivity index (χ4n) is 1.52. The van der Waals surface area contributed by atoms with Crippen molar-refractivity contribution in [1.29, 1.82) is 0 Å². The first kappa shape index (κ1) is 16.9. The van der Waals surface area contributed by atoms with Crippen molar-refractivity contribution in [2.45, 2.75) is 26.0 Å². The van der Waals surface area contributed by atoms with Crippen molar-refractivity contribution in [2.24, 2.45) is 5.73 Å². The first-order valence-electron chi connectivity index (χ1n) is 5.97. The van der Waals surface area contributed by atoms with Crippen LogP contribution in [0, 0.1) is 6.92 Å². The average molecular weight is 245 g/mol. The minimum Gasteiger partial charge on any atom is -0.496 e. The number of ether oxygens (including phenoxy) is 2. The van der Waals surface area contributed by atoms with Crippen molar-refractivity contribution in [1.82, 2.24) is 0 Å². The maximum atomic E-state index is 5.90. The highest BCUT2D eigenvalue weighted by Crippen LogP contribution is 2.33. The monoisotopic (exact) mass is 245 g/mol. The number of hydrogen-bond donors (Lipinski definition) is 1. The molecule has 1 rings (SSSR count). The first-order chi connectivity index (χ1) is 8.46. The van der Waals surface area contributed by atoms with E-state index in [2.05, 4.69) is 0 Å². The Morgan fingerprint density at radius 3 is 2.00 bits per heavy atom. The Labute approximate surface area is 113 Å². The molecule has 18 heavy (non-hydrogen) atoms. The molecule has 0 heterocycles. The molecule has 0 spiro atoms. The van der Waals surface area contributed by atoms with E-state index in [0.29, 0.717) is 17.1 Å². The highest BCUT2D eigenvalue weighted by molar-refractivity contribution is 6.40. The molecule has 0 aliphatic carbocycles. The summed E-state index contributed by atoms with van der Waals surface area (Å²) >= 11 is 0. The van der Waals surface area contributed by atoms with Gasteiger partial charge < -0.3 is 15.2 Å². The largest absolute Gasteiger partial charge is 0.496 e. The molecule has 0 aliphatic rings. The van der Waals surface area contributed by atoms with Crippen molar-refractivity contribution in [3.8, 4) is 11.5 Å². The van der Waals surface area contributed by atoms with Crippen LogP contribution in [0.3, 0.4) is 0 Å². The van der Waals surface area contributed by atoms with Gasteiger partial charge in [0.25, 0.3) is 0 Å². The van der Waals surface area contributed by atoms with E-state index in [1.807, 2.05) is 26.8 Å². The number of nitrogens with two attached hydrogens (primary N) is 1. The van der Waals surface area contributed by atoms with Crippen LogP contribution in [0.25, 0.3) is 0 Å². The van der Waals surface area contributed by atoms with Gasteiger partial charge in [-0.3, -0.25) is 0 Å². The molecule has 0 fully saturated rings. The summed E-state index contributed by atoms with van der Waals surface area (Å²) in [4.78, 5) is 0. The number of hydrogen-bond acceptors (Lipinski definition) is 3. The molecular formula is C13H21B2NO2. The maximum absolute atomic E-state index is 5.90. The van der Waals surface area contributed by atoms with Crippen LogP contribution in [0.4, 0.5) is 0 Å². The second kappa shape index (κ2) is 7.37. The van der Waals surface area contributed by atoms with Crippen LogP contribution in [0.2, 0.25) is 0 Å². The van der Waals surface area contributed by atoms with Crippen LogP contribution >= 0.6 is 0 Å². The van der Waals surface area contributed by atoms with E-state index < -0.39 is 5.21 Å². The molecule has 0 bridgehead atoms. The normalized spacial score (nSPS) is 10.3. The minimum atomic E-state index is -1.12. The van der Waals surface area contributed by atoms with Crippen LogP contribution in [-0.4, -0.2) is 36.5 Å². The Morgan fingerprint density at radius 2 is 1.61 bits per heavy atom. The Hall–Kier alpha value is -1.09. The van der Waals surface area contributed by atoms with Gasteiger partial charge in [-0.15, -0.1) is 0 Å². The summed E-state index contributed by atoms with van der Waals surface area (Å²) in [6.45, 7) is 6.04. The summed E-state index contributed by atoms with van der Waals surface area (Å²) in [5.41, 5.74) is 7.14. The van der Waals surface area contributed by atoms with Gasteiger partial charge >= 0.3 is 0 Å². The molecular weight excluding hydrogens is 224 g/mol. The van der Waals surface area contributed by atoms with Gasteiger partial charge in [0.05, 0.1) is 29.9 Å². The number of benzene rings is 1. The molecule has 5 heteroatoms. The lowest BCUT2D eigenvalue weighted by Crippen LogP contribution is -2.36. The van der Waals surface area contributed by atoms with Gasteiger partial charge in [0.2, 0.25) is 0 Å². The fourth-order valence-corrected chi connectivity index (χ4v) is 1.52. The highest BCUT2D eigenvalue weighted by Gasteiger charge is 2.23. The van der Waals surface area contributed by atoms with Gasteiger partial charge in [0.1, 0.15) is 11.5 Å². The number of aryl methyl sites for hydroxylation is 1. The zero-order chi connectivity index (χ0) is 14.3. The molecule has 0 amide bonds. The summed E-state index contributed by atoms with van der Waals surface area (Å²) in [6, 6.07) is 3.60. The summed E-state index contributed by atoms with van der Waals surface area (Å²) in [5, 5.41) is -1.12. The zero-order valence-electron chi connectivity index (χ0n) is 11.9. The quantitative estimate of drug-likeness (QED) is 0.817. The van der Waals surface area contributed by atoms with E-state index in [-0.39, 0.29) is 6.54 Å². The van der Waals surface area contributed by atoms with Crippen molar-refractivity contribution >= 4 is 15.7 Å². The second-order valence-electron chi connectivity index (χ2n) is 3.77. The van der Waals surface area contributed by atoms with Crippen LogP contribution in [-0.2, 0) is 5.21 Å². The van der Waals surface area contributed by atoms with Crippen LogP contribution in [0.5, 0.6) is 11.5 Å². The Bertz CT molecular complexity index is 381. The van der Waals surface area contributed by atoms with E-state index in [1.54, 1.807) is 20.3 Å². The fraction of sp³-hybridized carbons (Fsp3) is 0.538. The van der Waals surface area contributed by atoms with E-state index in [0.717, 1.165) is 5.56 Å². The minimum absolute atomic E-state index is 0.121. The Morgan fingerprint density at radius 1 is 1.11 bits per heavy atom. The topological polar surface area (TPSA) is 44.5 Å². The SMILES string of the molecule is CC.[B]C([B])(CN)c1cc(OC)c(C)cc1OC. The Balaban J connectivity index is 0.00000137. The lowest BCUT2D eigenvalue weighted by molar-refractivity contribution is 0.395. The number of rotatable bonds is 4. The number of methoxy groups -OCH3 is 2. The standard InChI is InChI=1S/C11H15B2NO2.C2H6/c1-7-4-10(16-3)8(5-9(7)15-2)11(12,13)6-14;1-2/h4-5H,6,14H2,1-3H3;1-2H3. The van der Waals surface area contributed by atoms with Gasteiger partial charge in [-0.2, -0.15) is 0 Å². The molecule has 0 saturated heterocycles. The first-order valence-corrected chi connectivity index (χ1v) is 5.97. The lowest BCUT2D eigenvalue weighted by Gasteiger charge is -2.27. The van der Waals surface area contributed by atoms with Crippen LogP contribution in [0.1, 0.15) is 25.0 Å². The maximum Gasteiger partial charge on any atom is 0.122 e. The molecule has 0 aliphatic heterocycles. The van der Waals surface area contributed by atoms with E-state index in [9.17, 15) is 0 Å². The second-order valence-corrected chi connectivity index (χ2v) is 3.77. The summed E-state index contributed by atoms with van der Waals surface area (Å²) in [5.74, 6) is 1.33. The van der Waals surface area contributed by atoms with Gasteiger partial charge in [0, 0.05) is 0 Å². The molecule has 0 unspecified atom stereocenters. The smallest absolute Gasteiger partial charge is 0.122 e. The summed E-state index contributed by atoms with van der Waals surface area (Å²) in [7, 11) is 15.0. The van der Waals surface area contributed by atoms with Gasteiger partial charge in [-0.25, -0.2) is 0 Å². The predicted octanol–water partition coefficient (Wildman–Crippen LogP) is 1.49. The molecule has 0 saturated carbocycles. The van der Waals surface area contributed by atoms with Crippen LogP contribution < -0.4 is 15.2 Å². The third-order valence-corrected chi connectivity index (χ3v) is 2.56. The summed E-state index contributed by atoms with van der Waals surface area (Å²) < 4.78 is 10.5. The van der Waals surface area contributed by atoms with Crippen molar-refractivity contribution in [3.05, 3.63) is 23.3 Å². The molecule has 96 valence electrons. The molecule has 4 radical (unpaired) electrons. The zero-order valence-corrected chi connectivity index (χ0v) is 11.9. The van der Waals surface area contributed by atoms with Crippen molar-refractivity contribution < 1.29 is 9.47 Å². The van der Waals surface area contributed by atoms with Crippen molar-refractivity contribution in [2.75, 3.05) is 20.8 Å². The molecule has 0 aromatic heterocycles. The van der Waals surface area contributed by atoms with Gasteiger partial charge in [0.15, 0.2) is 0 Å². The lowest BCUT2D eigenvalue weighted by atomic mass is 9.51. The van der Waals surface area contributed by atoms with Gasteiger partial charge in [-0.05, 0) is 36.7 Å². The molecule has 1 aromatic rings. The molecule has 1 aromatic carbocycles. The van der Waals surface area contributed by atoms with Crippen molar-refractivity contribution in [3.63, 3.8) is 0 Å². The van der Waals surface area contributed by atoms with E-state index >= 15 is 0 Å². The van der Waals surface area contributed by atoms with E-state index in [1.165, 1.54) is 0 Å². The summed E-state index contributed by atoms with van der Waals surface area (Å²) in [6.07, 6.45) is 0. The third kappa shape index (κ3) is 3.70.